The smallest absolute Gasteiger partial charge is 0.0590 e. The van der Waals surface area contributed by atoms with Gasteiger partial charge in [-0.1, -0.05) is 22.9 Å². The molecule has 2 unspecified atom stereocenters. The van der Waals surface area contributed by atoms with E-state index in [-0.39, 0.29) is 0 Å². The van der Waals surface area contributed by atoms with E-state index in [4.69, 9.17) is 4.74 Å². The zero-order chi connectivity index (χ0) is 9.40. The molecule has 12 heavy (non-hydrogen) atoms. The Bertz CT molecular complexity index is 101. The zero-order valence-electron chi connectivity index (χ0n) is 8.27. The molecule has 0 aliphatic rings. The van der Waals surface area contributed by atoms with E-state index >= 15 is 0 Å². The summed E-state index contributed by atoms with van der Waals surface area (Å²) in [6.45, 7) is 9.03. The number of halogens is 1. The summed E-state index contributed by atoms with van der Waals surface area (Å²) in [5.41, 5.74) is 0. The van der Waals surface area contributed by atoms with Crippen LogP contribution < -0.4 is 5.32 Å². The maximum absolute atomic E-state index is 5.22. The second-order valence-electron chi connectivity index (χ2n) is 3.07. The van der Waals surface area contributed by atoms with Crippen molar-refractivity contribution in [3.63, 3.8) is 0 Å². The average Bonchev–Trinajstić information content (AvgIpc) is 2.10. The van der Waals surface area contributed by atoms with E-state index in [1.54, 1.807) is 0 Å². The highest BCUT2D eigenvalue weighted by Gasteiger charge is 2.08. The minimum Gasteiger partial charge on any atom is -0.380 e. The molecule has 0 saturated carbocycles. The van der Waals surface area contributed by atoms with Crippen LogP contribution in [0, 0.1) is 5.92 Å². The highest BCUT2D eigenvalue weighted by molar-refractivity contribution is 9.09. The fourth-order valence-electron chi connectivity index (χ4n) is 0.838. The van der Waals surface area contributed by atoms with Crippen molar-refractivity contribution >= 4 is 15.9 Å². The van der Waals surface area contributed by atoms with Crippen molar-refractivity contribution < 1.29 is 4.74 Å². The third-order valence-electron chi connectivity index (χ3n) is 2.01. The van der Waals surface area contributed by atoms with E-state index in [1.807, 2.05) is 6.92 Å². The minimum absolute atomic E-state index is 0.560. The molecule has 74 valence electrons. The van der Waals surface area contributed by atoms with Crippen LogP contribution in [0.25, 0.3) is 0 Å². The van der Waals surface area contributed by atoms with Crippen molar-refractivity contribution in [2.24, 2.45) is 5.92 Å². The van der Waals surface area contributed by atoms with Gasteiger partial charge in [-0.3, -0.25) is 0 Å². The molecular formula is C9H20BrNO. The highest BCUT2D eigenvalue weighted by atomic mass is 79.9. The van der Waals surface area contributed by atoms with Crippen molar-refractivity contribution in [2.45, 2.75) is 26.8 Å². The first-order valence-corrected chi connectivity index (χ1v) is 5.71. The Morgan fingerprint density at radius 2 is 2.08 bits per heavy atom. The van der Waals surface area contributed by atoms with Gasteiger partial charge in [-0.05, 0) is 19.8 Å². The molecule has 0 aliphatic heterocycles. The number of hydrogen-bond acceptors (Lipinski definition) is 2. The van der Waals surface area contributed by atoms with Gasteiger partial charge in [0, 0.05) is 24.5 Å². The van der Waals surface area contributed by atoms with Crippen molar-refractivity contribution in [2.75, 3.05) is 25.1 Å². The van der Waals surface area contributed by atoms with Gasteiger partial charge in [0.25, 0.3) is 0 Å². The molecule has 0 saturated heterocycles. The summed E-state index contributed by atoms with van der Waals surface area (Å²) in [6.07, 6.45) is 0. The number of hydrogen-bond donors (Lipinski definition) is 1. The van der Waals surface area contributed by atoms with Gasteiger partial charge < -0.3 is 10.1 Å². The fourth-order valence-corrected chi connectivity index (χ4v) is 1.40. The molecule has 0 fully saturated rings. The van der Waals surface area contributed by atoms with Crippen LogP contribution in [0.1, 0.15) is 20.8 Å². The maximum atomic E-state index is 5.22. The summed E-state index contributed by atoms with van der Waals surface area (Å²) in [7, 11) is 0. The minimum atomic E-state index is 0.560. The fraction of sp³-hybridized carbons (Fsp3) is 1.00. The Labute approximate surface area is 84.2 Å². The quantitative estimate of drug-likeness (QED) is 0.541. The molecule has 0 rings (SSSR count). The summed E-state index contributed by atoms with van der Waals surface area (Å²) in [4.78, 5) is 0. The summed E-state index contributed by atoms with van der Waals surface area (Å²) in [6, 6.07) is 0.560. The monoisotopic (exact) mass is 237 g/mol. The molecule has 2 nitrogen and oxygen atoms in total. The van der Waals surface area contributed by atoms with E-state index in [2.05, 4.69) is 35.1 Å². The second kappa shape index (κ2) is 8.02. The second-order valence-corrected chi connectivity index (χ2v) is 3.72. The highest BCUT2D eigenvalue weighted by Crippen LogP contribution is 2.04. The Morgan fingerprint density at radius 1 is 1.42 bits per heavy atom. The van der Waals surface area contributed by atoms with Crippen molar-refractivity contribution in [1.29, 1.82) is 0 Å². The first-order valence-electron chi connectivity index (χ1n) is 4.59. The van der Waals surface area contributed by atoms with Gasteiger partial charge in [0.15, 0.2) is 0 Å². The molecule has 0 aromatic rings. The molecule has 0 aromatic carbocycles. The Balaban J connectivity index is 3.24. The molecule has 0 bridgehead atoms. The van der Waals surface area contributed by atoms with Gasteiger partial charge in [-0.25, -0.2) is 0 Å². The zero-order valence-corrected chi connectivity index (χ0v) is 9.86. The van der Waals surface area contributed by atoms with Crippen molar-refractivity contribution in [3.8, 4) is 0 Å². The number of rotatable bonds is 7. The maximum Gasteiger partial charge on any atom is 0.0590 e. The van der Waals surface area contributed by atoms with E-state index in [9.17, 15) is 0 Å². The lowest BCUT2D eigenvalue weighted by Gasteiger charge is -2.18. The van der Waals surface area contributed by atoms with Crippen LogP contribution in [0.15, 0.2) is 0 Å². The average molecular weight is 238 g/mol. The lowest BCUT2D eigenvalue weighted by molar-refractivity contribution is 0.145. The van der Waals surface area contributed by atoms with E-state index in [0.717, 1.165) is 25.1 Å². The first kappa shape index (κ1) is 12.4. The van der Waals surface area contributed by atoms with Gasteiger partial charge >= 0.3 is 0 Å². The molecule has 3 heteroatoms. The van der Waals surface area contributed by atoms with Gasteiger partial charge in [0.1, 0.15) is 0 Å². The summed E-state index contributed by atoms with van der Waals surface area (Å²) >= 11 is 3.47. The number of nitrogens with one attached hydrogen (secondary N) is 1. The lowest BCUT2D eigenvalue weighted by Crippen LogP contribution is -2.35. The van der Waals surface area contributed by atoms with Crippen molar-refractivity contribution in [1.82, 2.24) is 5.32 Å². The van der Waals surface area contributed by atoms with E-state index in [1.165, 1.54) is 0 Å². The van der Waals surface area contributed by atoms with E-state index in [0.29, 0.717) is 12.0 Å². The van der Waals surface area contributed by atoms with Gasteiger partial charge in [-0.2, -0.15) is 0 Å². The third-order valence-corrected chi connectivity index (χ3v) is 3.04. The first-order chi connectivity index (χ1) is 5.72. The van der Waals surface area contributed by atoms with Crippen molar-refractivity contribution in [3.05, 3.63) is 0 Å². The summed E-state index contributed by atoms with van der Waals surface area (Å²) in [5.74, 6) is 0.673. The SMILES string of the molecule is CCOCCNC(C)C(C)CBr. The standard InChI is InChI=1S/C9H20BrNO/c1-4-12-6-5-11-9(3)8(2)7-10/h8-9,11H,4-7H2,1-3H3. The molecular weight excluding hydrogens is 218 g/mol. The van der Waals surface area contributed by atoms with Gasteiger partial charge in [-0.15, -0.1) is 0 Å². The molecule has 0 aliphatic carbocycles. The van der Waals surface area contributed by atoms with Crippen LogP contribution in [0.4, 0.5) is 0 Å². The number of alkyl halides is 1. The largest absolute Gasteiger partial charge is 0.380 e. The van der Waals surface area contributed by atoms with Gasteiger partial charge in [0.2, 0.25) is 0 Å². The van der Waals surface area contributed by atoms with Crippen LogP contribution in [-0.4, -0.2) is 31.1 Å². The lowest BCUT2D eigenvalue weighted by atomic mass is 10.1. The molecule has 1 N–H and O–H groups in total. The normalized spacial score (nSPS) is 16.0. The Kier molecular flexibility index (Phi) is 8.29. The van der Waals surface area contributed by atoms with Crippen LogP contribution >= 0.6 is 15.9 Å². The predicted molar refractivity (Wildman–Crippen MR) is 56.9 cm³/mol. The predicted octanol–water partition coefficient (Wildman–Crippen LogP) is 2.03. The number of ether oxygens (including phenoxy) is 1. The molecule has 0 radical (unpaired) electrons. The molecule has 2 atom stereocenters. The van der Waals surface area contributed by atoms with Crippen LogP contribution in [0.3, 0.4) is 0 Å². The van der Waals surface area contributed by atoms with Gasteiger partial charge in [0.05, 0.1) is 6.61 Å². The van der Waals surface area contributed by atoms with Crippen LogP contribution in [0.5, 0.6) is 0 Å². The van der Waals surface area contributed by atoms with E-state index < -0.39 is 0 Å². The Hall–Kier alpha value is 0.400. The molecule has 0 amide bonds. The summed E-state index contributed by atoms with van der Waals surface area (Å²) in [5, 5.41) is 4.46. The molecule has 0 spiro atoms. The summed E-state index contributed by atoms with van der Waals surface area (Å²) < 4.78 is 5.22. The molecule has 0 heterocycles. The van der Waals surface area contributed by atoms with Crippen LogP contribution in [-0.2, 0) is 4.74 Å². The third kappa shape index (κ3) is 5.98. The Morgan fingerprint density at radius 3 is 2.58 bits per heavy atom. The molecule has 0 aromatic heterocycles. The topological polar surface area (TPSA) is 21.3 Å². The van der Waals surface area contributed by atoms with Crippen LogP contribution in [0.2, 0.25) is 0 Å².